The van der Waals surface area contributed by atoms with Gasteiger partial charge in [0.1, 0.15) is 6.67 Å². The van der Waals surface area contributed by atoms with Crippen molar-refractivity contribution in [2.24, 2.45) is 5.73 Å². The third-order valence-electron chi connectivity index (χ3n) is 2.67. The number of hydrogen-bond donors (Lipinski definition) is 1. The van der Waals surface area contributed by atoms with Crippen LogP contribution in [0.1, 0.15) is 38.5 Å². The van der Waals surface area contributed by atoms with Crippen molar-refractivity contribution in [3.63, 3.8) is 0 Å². The number of rotatable bonds is 9. The highest BCUT2D eigenvalue weighted by atomic mass is 35.5. The molecule has 0 aliphatic heterocycles. The van der Waals surface area contributed by atoms with Crippen LogP contribution >= 0.6 is 0 Å². The fourth-order valence-electron chi connectivity index (χ4n) is 1.45. The lowest BCUT2D eigenvalue weighted by atomic mass is 10.1. The minimum absolute atomic E-state index is 0. The Hall–Kier alpha value is -0.0500. The van der Waals surface area contributed by atoms with Crippen molar-refractivity contribution in [3.8, 4) is 0 Å². The molecular weight excluding hydrogens is 208 g/mol. The zero-order valence-electron chi connectivity index (χ0n) is 10.3. The average Bonchev–Trinajstić information content (AvgIpc) is 2.16. The van der Waals surface area contributed by atoms with Gasteiger partial charge in [0, 0.05) is 0 Å². The zero-order chi connectivity index (χ0) is 10.9. The largest absolute Gasteiger partial charge is 1.00 e. The van der Waals surface area contributed by atoms with E-state index in [9.17, 15) is 0 Å². The summed E-state index contributed by atoms with van der Waals surface area (Å²) in [5, 5.41) is 0. The Balaban J connectivity index is 0. The molecule has 3 heteroatoms. The van der Waals surface area contributed by atoms with Crippen LogP contribution in [-0.4, -0.2) is 31.8 Å². The number of quaternary nitrogens is 1. The van der Waals surface area contributed by atoms with Crippen LogP contribution in [0.15, 0.2) is 12.7 Å². The molecular formula is C12H27ClN2. The topological polar surface area (TPSA) is 26.0 Å². The maximum atomic E-state index is 5.65. The van der Waals surface area contributed by atoms with E-state index < -0.39 is 0 Å². The number of nitrogens with zero attached hydrogens (tertiary/aromatic N) is 1. The van der Waals surface area contributed by atoms with Gasteiger partial charge in [0.2, 0.25) is 0 Å². The number of allylic oxidation sites excluding steroid dienone is 1. The van der Waals surface area contributed by atoms with Crippen LogP contribution in [0.25, 0.3) is 0 Å². The number of nitrogens with two attached hydrogens (primary N) is 1. The number of hydrogen-bond acceptors (Lipinski definition) is 1. The molecule has 0 radical (unpaired) electrons. The van der Waals surface area contributed by atoms with Crippen molar-refractivity contribution in [3.05, 3.63) is 12.7 Å². The van der Waals surface area contributed by atoms with Crippen molar-refractivity contribution in [1.29, 1.82) is 0 Å². The van der Waals surface area contributed by atoms with E-state index in [4.69, 9.17) is 5.73 Å². The minimum Gasteiger partial charge on any atom is -1.00 e. The lowest BCUT2D eigenvalue weighted by Gasteiger charge is -2.27. The first-order chi connectivity index (χ1) is 6.62. The van der Waals surface area contributed by atoms with Gasteiger partial charge in [0.15, 0.2) is 0 Å². The lowest BCUT2D eigenvalue weighted by Crippen LogP contribution is -3.00. The average molecular weight is 235 g/mol. The molecule has 0 saturated heterocycles. The first-order valence-corrected chi connectivity index (χ1v) is 5.75. The number of unbranched alkanes of at least 4 members (excludes halogenated alkanes) is 5. The molecule has 0 aromatic heterocycles. The second-order valence-corrected chi connectivity index (χ2v) is 4.69. The van der Waals surface area contributed by atoms with E-state index in [1.807, 2.05) is 6.08 Å². The highest BCUT2D eigenvalue weighted by Gasteiger charge is 2.10. The van der Waals surface area contributed by atoms with Gasteiger partial charge in [-0.05, 0) is 25.7 Å². The first kappa shape index (κ1) is 17.3. The summed E-state index contributed by atoms with van der Waals surface area (Å²) in [5.74, 6) is 0. The molecule has 0 aromatic rings. The Labute approximate surface area is 102 Å². The summed E-state index contributed by atoms with van der Waals surface area (Å²) < 4.78 is 0.951. The quantitative estimate of drug-likeness (QED) is 0.248. The smallest absolute Gasteiger partial charge is 0.129 e. The monoisotopic (exact) mass is 234 g/mol. The molecule has 0 aliphatic rings. The lowest BCUT2D eigenvalue weighted by molar-refractivity contribution is -0.890. The van der Waals surface area contributed by atoms with E-state index >= 15 is 0 Å². The van der Waals surface area contributed by atoms with Crippen LogP contribution in [0.2, 0.25) is 0 Å². The maximum absolute atomic E-state index is 5.65. The summed E-state index contributed by atoms with van der Waals surface area (Å²) in [6.07, 6.45) is 9.84. The molecule has 0 fully saturated rings. The fourth-order valence-corrected chi connectivity index (χ4v) is 1.45. The third-order valence-corrected chi connectivity index (χ3v) is 2.67. The second kappa shape index (κ2) is 10.5. The standard InChI is InChI=1S/C12H27N2.ClH/c1-4-5-6-7-8-9-10-11-14(2,3)12-13;/h4H,1,5-13H2,2-3H3;1H/q+1;/p-1. The SMILES string of the molecule is C=CCCCCCCC[N+](C)(C)CN.[Cl-]. The van der Waals surface area contributed by atoms with Gasteiger partial charge >= 0.3 is 0 Å². The van der Waals surface area contributed by atoms with Gasteiger partial charge in [0.25, 0.3) is 0 Å². The Morgan fingerprint density at radius 3 is 2.13 bits per heavy atom. The van der Waals surface area contributed by atoms with Gasteiger partial charge in [-0.15, -0.1) is 6.58 Å². The zero-order valence-corrected chi connectivity index (χ0v) is 11.1. The van der Waals surface area contributed by atoms with Crippen LogP contribution in [0.4, 0.5) is 0 Å². The molecule has 15 heavy (non-hydrogen) atoms. The first-order valence-electron chi connectivity index (χ1n) is 5.75. The Morgan fingerprint density at radius 1 is 1.07 bits per heavy atom. The van der Waals surface area contributed by atoms with Crippen molar-refractivity contribution in [2.45, 2.75) is 38.5 Å². The molecule has 2 N–H and O–H groups in total. The molecule has 0 aliphatic carbocycles. The molecule has 2 nitrogen and oxygen atoms in total. The molecule has 0 spiro atoms. The van der Waals surface area contributed by atoms with Gasteiger partial charge in [-0.3, -0.25) is 5.73 Å². The van der Waals surface area contributed by atoms with Crippen LogP contribution in [0.3, 0.4) is 0 Å². The van der Waals surface area contributed by atoms with Crippen LogP contribution < -0.4 is 18.1 Å². The summed E-state index contributed by atoms with van der Waals surface area (Å²) >= 11 is 0. The van der Waals surface area contributed by atoms with Gasteiger partial charge in [0.05, 0.1) is 20.6 Å². The minimum atomic E-state index is 0. The Morgan fingerprint density at radius 2 is 1.60 bits per heavy atom. The third kappa shape index (κ3) is 11.9. The number of halogens is 1. The van der Waals surface area contributed by atoms with E-state index in [0.717, 1.165) is 11.2 Å². The molecule has 0 amide bonds. The molecule has 0 saturated carbocycles. The second-order valence-electron chi connectivity index (χ2n) is 4.69. The van der Waals surface area contributed by atoms with Gasteiger partial charge < -0.3 is 16.9 Å². The highest BCUT2D eigenvalue weighted by Crippen LogP contribution is 2.07. The van der Waals surface area contributed by atoms with Crippen molar-refractivity contribution < 1.29 is 16.9 Å². The molecule has 0 unspecified atom stereocenters. The fraction of sp³-hybridized carbons (Fsp3) is 0.833. The summed E-state index contributed by atoms with van der Waals surface area (Å²) in [6.45, 7) is 5.67. The molecule has 92 valence electrons. The summed E-state index contributed by atoms with van der Waals surface area (Å²) in [5.41, 5.74) is 5.65. The molecule has 0 bridgehead atoms. The van der Waals surface area contributed by atoms with E-state index in [2.05, 4.69) is 20.7 Å². The summed E-state index contributed by atoms with van der Waals surface area (Å²) in [6, 6.07) is 0. The van der Waals surface area contributed by atoms with E-state index in [1.165, 1.54) is 45.1 Å². The van der Waals surface area contributed by atoms with E-state index in [0.29, 0.717) is 0 Å². The molecule has 0 aromatic carbocycles. The van der Waals surface area contributed by atoms with Crippen LogP contribution in [-0.2, 0) is 0 Å². The van der Waals surface area contributed by atoms with Gasteiger partial charge in [-0.2, -0.15) is 0 Å². The maximum Gasteiger partial charge on any atom is 0.129 e. The summed E-state index contributed by atoms with van der Waals surface area (Å²) in [4.78, 5) is 0. The van der Waals surface area contributed by atoms with Crippen molar-refractivity contribution in [2.75, 3.05) is 27.3 Å². The van der Waals surface area contributed by atoms with Crippen molar-refractivity contribution in [1.82, 2.24) is 0 Å². The Kier molecular flexibility index (Phi) is 12.1. The molecule has 0 rings (SSSR count). The summed E-state index contributed by atoms with van der Waals surface area (Å²) in [7, 11) is 4.38. The highest BCUT2D eigenvalue weighted by molar-refractivity contribution is 4.65. The van der Waals surface area contributed by atoms with Crippen LogP contribution in [0, 0.1) is 0 Å². The normalized spacial score (nSPS) is 10.9. The van der Waals surface area contributed by atoms with E-state index in [1.54, 1.807) is 0 Å². The Bertz CT molecular complexity index is 147. The molecule has 0 atom stereocenters. The van der Waals surface area contributed by atoms with Gasteiger partial charge in [-0.1, -0.05) is 18.9 Å². The predicted octanol–water partition coefficient (Wildman–Crippen LogP) is -0.490. The molecule has 0 heterocycles. The predicted molar refractivity (Wildman–Crippen MR) is 63.9 cm³/mol. The van der Waals surface area contributed by atoms with Crippen LogP contribution in [0.5, 0.6) is 0 Å². The van der Waals surface area contributed by atoms with Crippen molar-refractivity contribution >= 4 is 0 Å². The van der Waals surface area contributed by atoms with E-state index in [-0.39, 0.29) is 12.4 Å². The van der Waals surface area contributed by atoms with Gasteiger partial charge in [-0.25, -0.2) is 0 Å².